The maximum absolute atomic E-state index is 16.1. The maximum atomic E-state index is 16.1. The third-order valence-electron chi connectivity index (χ3n) is 8.51. The monoisotopic (exact) mass is 582 g/mol. The van der Waals surface area contributed by atoms with Crippen LogP contribution < -0.4 is 15.9 Å². The van der Waals surface area contributed by atoms with Gasteiger partial charge in [-0.25, -0.2) is 23.1 Å². The van der Waals surface area contributed by atoms with Crippen molar-refractivity contribution in [3.05, 3.63) is 88.4 Å². The average molecular weight is 583 g/mol. The number of hydrogen-bond acceptors (Lipinski definition) is 6. The first-order chi connectivity index (χ1) is 20.7. The Morgan fingerprint density at radius 2 is 1.86 bits per heavy atom. The number of piperazine rings is 1. The summed E-state index contributed by atoms with van der Waals surface area (Å²) in [6.07, 6.45) is 1.84. The molecular formula is C32H28F2N6O3. The summed E-state index contributed by atoms with van der Waals surface area (Å²) in [6.45, 7) is 8.29. The molecule has 1 unspecified atom stereocenters. The number of carbonyl (C=O) groups is 2. The Hall–Kier alpha value is -4.93. The molecule has 9 nitrogen and oxygen atoms in total. The molecule has 7 rings (SSSR count). The van der Waals surface area contributed by atoms with Crippen molar-refractivity contribution in [1.29, 1.82) is 0 Å². The van der Waals surface area contributed by atoms with E-state index in [9.17, 15) is 14.4 Å². The number of hydrogen-bond donors (Lipinski definition) is 1. The standard InChI is InChI=1S/C32H28F2N6O3/c1-4-26(42)38-11-12-39(24-15-23(24)38)30-19-14-21(34)28-27-20(33)9-6-10-22(27)35-25(41)13-17-7-5-8-18(16(2)3)29(17)40(31(19)36-28)32(43)37-30/h4-10,14,16,23-24H,1,11-13,15H2,2-3H3,(H,35,41)/t23-,24?/m1/s1. The fourth-order valence-corrected chi connectivity index (χ4v) is 6.47. The van der Waals surface area contributed by atoms with Crippen LogP contribution in [0.5, 0.6) is 0 Å². The number of carbonyl (C=O) groups excluding carboxylic acids is 2. The highest BCUT2D eigenvalue weighted by molar-refractivity contribution is 5.99. The molecule has 3 aliphatic rings. The van der Waals surface area contributed by atoms with Gasteiger partial charge < -0.3 is 15.1 Å². The highest BCUT2D eigenvalue weighted by Gasteiger charge is 2.51. The van der Waals surface area contributed by atoms with Crippen LogP contribution in [-0.4, -0.2) is 56.4 Å². The quantitative estimate of drug-likeness (QED) is 0.361. The lowest BCUT2D eigenvalue weighted by Gasteiger charge is -2.35. The predicted molar refractivity (Wildman–Crippen MR) is 158 cm³/mol. The highest BCUT2D eigenvalue weighted by Crippen LogP contribution is 2.42. The number of rotatable bonds is 3. The van der Waals surface area contributed by atoms with Crippen molar-refractivity contribution in [3.8, 4) is 16.9 Å². The molecule has 0 spiro atoms. The zero-order valence-corrected chi connectivity index (χ0v) is 23.6. The molecule has 2 atom stereocenters. The number of nitrogens with zero attached hydrogens (tertiary/aromatic N) is 5. The summed E-state index contributed by atoms with van der Waals surface area (Å²) in [6, 6.07) is 10.6. The van der Waals surface area contributed by atoms with Crippen LogP contribution >= 0.6 is 0 Å². The van der Waals surface area contributed by atoms with E-state index in [4.69, 9.17) is 0 Å². The van der Waals surface area contributed by atoms with E-state index in [1.807, 2.05) is 30.9 Å². The summed E-state index contributed by atoms with van der Waals surface area (Å²) in [7, 11) is 0. The Kier molecular flexibility index (Phi) is 6.15. The largest absolute Gasteiger partial charge is 0.355 e. The Morgan fingerprint density at radius 1 is 1.07 bits per heavy atom. The van der Waals surface area contributed by atoms with E-state index >= 15 is 8.78 Å². The van der Waals surface area contributed by atoms with E-state index in [1.165, 1.54) is 34.9 Å². The van der Waals surface area contributed by atoms with Gasteiger partial charge in [0.25, 0.3) is 0 Å². The van der Waals surface area contributed by atoms with Gasteiger partial charge in [-0.2, -0.15) is 4.98 Å². The van der Waals surface area contributed by atoms with E-state index in [-0.39, 0.29) is 64.1 Å². The summed E-state index contributed by atoms with van der Waals surface area (Å²) in [4.78, 5) is 52.6. The molecule has 2 aromatic heterocycles. The predicted octanol–water partition coefficient (Wildman–Crippen LogP) is 4.32. The molecule has 1 aliphatic carbocycles. The van der Waals surface area contributed by atoms with E-state index in [2.05, 4.69) is 21.9 Å². The van der Waals surface area contributed by atoms with Crippen LogP contribution in [0.4, 0.5) is 20.3 Å². The maximum Gasteiger partial charge on any atom is 0.355 e. The first kappa shape index (κ1) is 26.9. The first-order valence-electron chi connectivity index (χ1n) is 14.2. The van der Waals surface area contributed by atoms with Gasteiger partial charge in [-0.15, -0.1) is 0 Å². The van der Waals surface area contributed by atoms with E-state index in [1.54, 1.807) is 11.0 Å². The van der Waals surface area contributed by atoms with Crippen LogP contribution in [0.3, 0.4) is 0 Å². The fourth-order valence-electron chi connectivity index (χ4n) is 6.47. The lowest BCUT2D eigenvalue weighted by molar-refractivity contribution is -0.127. The molecule has 2 aromatic carbocycles. The molecule has 1 saturated heterocycles. The molecule has 1 saturated carbocycles. The zero-order valence-electron chi connectivity index (χ0n) is 23.6. The molecule has 43 heavy (non-hydrogen) atoms. The number of halogens is 2. The molecule has 2 aliphatic heterocycles. The van der Waals surface area contributed by atoms with Crippen LogP contribution in [0.2, 0.25) is 0 Å². The van der Waals surface area contributed by atoms with E-state index in [0.717, 1.165) is 5.56 Å². The SMILES string of the molecule is C=CC(=O)N1CCN(c2nc(=O)n3c4nc(c(F)cc24)-c2c(F)cccc2NC(=O)Cc2cccc(C(C)C)c2-3)C2C[C@H]21. The summed E-state index contributed by atoms with van der Waals surface area (Å²) in [5, 5.41) is 3.00. The van der Waals surface area contributed by atoms with Crippen molar-refractivity contribution in [3.63, 3.8) is 0 Å². The molecule has 2 fully saturated rings. The third kappa shape index (κ3) is 4.21. The number of para-hydroxylation sites is 1. The normalized spacial score (nSPS) is 19.0. The van der Waals surface area contributed by atoms with Crippen molar-refractivity contribution in [1.82, 2.24) is 19.4 Å². The van der Waals surface area contributed by atoms with Crippen molar-refractivity contribution in [2.45, 2.75) is 44.7 Å². The lowest BCUT2D eigenvalue weighted by Crippen LogP contribution is -2.49. The fraction of sp³-hybridized carbons (Fsp3) is 0.281. The lowest BCUT2D eigenvalue weighted by atomic mass is 9.95. The third-order valence-corrected chi connectivity index (χ3v) is 8.51. The smallest absolute Gasteiger partial charge is 0.349 e. The van der Waals surface area contributed by atoms with Crippen LogP contribution in [0, 0.1) is 11.6 Å². The van der Waals surface area contributed by atoms with Crippen molar-refractivity contribution >= 4 is 34.4 Å². The number of nitrogens with one attached hydrogen (secondary N) is 1. The van der Waals surface area contributed by atoms with Crippen LogP contribution in [-0.2, 0) is 16.0 Å². The second-order valence-corrected chi connectivity index (χ2v) is 11.4. The van der Waals surface area contributed by atoms with Crippen molar-refractivity contribution in [2.75, 3.05) is 23.3 Å². The number of pyridine rings is 1. The molecule has 4 heterocycles. The van der Waals surface area contributed by atoms with Crippen LogP contribution in [0.25, 0.3) is 28.0 Å². The number of benzene rings is 2. The van der Waals surface area contributed by atoms with Crippen molar-refractivity contribution in [2.24, 2.45) is 0 Å². The minimum Gasteiger partial charge on any atom is -0.349 e. The molecule has 11 heteroatoms. The van der Waals surface area contributed by atoms with Gasteiger partial charge >= 0.3 is 5.69 Å². The van der Waals surface area contributed by atoms with Gasteiger partial charge in [0, 0.05) is 13.1 Å². The summed E-state index contributed by atoms with van der Waals surface area (Å²) in [5.74, 6) is -2.01. The molecule has 1 N–H and O–H groups in total. The summed E-state index contributed by atoms with van der Waals surface area (Å²) >= 11 is 0. The van der Waals surface area contributed by atoms with Gasteiger partial charge in [0.05, 0.1) is 40.8 Å². The van der Waals surface area contributed by atoms with E-state index in [0.29, 0.717) is 30.8 Å². The summed E-state index contributed by atoms with van der Waals surface area (Å²) in [5.41, 5.74) is 0.757. The van der Waals surface area contributed by atoms with E-state index < -0.39 is 23.2 Å². The topological polar surface area (TPSA) is 100 Å². The van der Waals surface area contributed by atoms with Gasteiger partial charge in [-0.05, 0) is 47.7 Å². The first-order valence-corrected chi connectivity index (χ1v) is 14.2. The second kappa shape index (κ2) is 9.82. The molecule has 2 amide bonds. The van der Waals surface area contributed by atoms with Gasteiger partial charge in [0.2, 0.25) is 11.8 Å². The van der Waals surface area contributed by atoms with Crippen LogP contribution in [0.15, 0.2) is 59.9 Å². The Bertz CT molecular complexity index is 1940. The molecule has 4 aromatic rings. The molecule has 2 bridgehead atoms. The van der Waals surface area contributed by atoms with Gasteiger partial charge in [-0.1, -0.05) is 44.7 Å². The minimum absolute atomic E-state index is 0.0537. The summed E-state index contributed by atoms with van der Waals surface area (Å²) < 4.78 is 32.8. The number of fused-ring (bicyclic) bond motifs is 6. The second-order valence-electron chi connectivity index (χ2n) is 11.4. The minimum atomic E-state index is -0.828. The Labute approximate surface area is 245 Å². The number of amides is 2. The Morgan fingerprint density at radius 3 is 2.63 bits per heavy atom. The van der Waals surface area contributed by atoms with Gasteiger partial charge in [0.15, 0.2) is 11.5 Å². The van der Waals surface area contributed by atoms with Crippen LogP contribution in [0.1, 0.15) is 37.3 Å². The number of aromatic nitrogens is 3. The Balaban J connectivity index is 1.54. The van der Waals surface area contributed by atoms with Gasteiger partial charge in [-0.3, -0.25) is 9.59 Å². The van der Waals surface area contributed by atoms with Gasteiger partial charge in [0.1, 0.15) is 17.3 Å². The highest BCUT2D eigenvalue weighted by atomic mass is 19.1. The molecular weight excluding hydrogens is 554 g/mol. The molecule has 0 radical (unpaired) electrons. The average Bonchev–Trinajstić information content (AvgIpc) is 3.77. The molecule has 218 valence electrons. The number of anilines is 2. The zero-order chi connectivity index (χ0) is 30.2. The van der Waals surface area contributed by atoms with Crippen molar-refractivity contribution < 1.29 is 18.4 Å².